The zero-order valence-electron chi connectivity index (χ0n) is 21.0. The Labute approximate surface area is 208 Å². The van der Waals surface area contributed by atoms with Gasteiger partial charge in [-0.2, -0.15) is 0 Å². The molecule has 35 heavy (non-hydrogen) atoms. The van der Waals surface area contributed by atoms with Crippen LogP contribution in [-0.2, 0) is 7.05 Å². The van der Waals surface area contributed by atoms with Crippen LogP contribution in [0.5, 0.6) is 0 Å². The molecule has 2 nitrogen and oxygen atoms in total. The summed E-state index contributed by atoms with van der Waals surface area (Å²) in [7, 11) is 2.19. The maximum atomic E-state index is 2.58. The number of fused-ring (bicyclic) bond motifs is 5. The third-order valence-electron chi connectivity index (χ3n) is 7.80. The van der Waals surface area contributed by atoms with Crippen molar-refractivity contribution in [3.05, 3.63) is 90.6 Å². The molecule has 0 aliphatic rings. The van der Waals surface area contributed by atoms with Crippen LogP contribution in [0.4, 0.5) is 0 Å². The van der Waals surface area contributed by atoms with E-state index in [1.807, 2.05) is 0 Å². The fraction of sp³-hybridized carbons (Fsp3) is 0.156. The standard InChI is InChI=1S/C32H29GeN2/c1-20-11-13-26-25-14-12-22(21-9-7-6-8-10-21)18-27(25)35-28-19-24(33(2,3)4)17-23-15-16-34(5)32(30(23)28)29(20)31(26)35/h6-19H,1-5H3/q+1. The van der Waals surface area contributed by atoms with Crippen LogP contribution in [0.1, 0.15) is 5.56 Å². The summed E-state index contributed by atoms with van der Waals surface area (Å²) >= 11 is -2.08. The van der Waals surface area contributed by atoms with Crippen molar-refractivity contribution in [3.8, 4) is 11.1 Å². The molecule has 0 N–H and O–H groups in total. The number of hydrogen-bond donors (Lipinski definition) is 0. The van der Waals surface area contributed by atoms with Gasteiger partial charge in [0.25, 0.3) is 0 Å². The Morgan fingerprint density at radius 2 is 1.49 bits per heavy atom. The molecule has 0 bridgehead atoms. The van der Waals surface area contributed by atoms with Gasteiger partial charge in [-0.3, -0.25) is 0 Å². The molecule has 3 heteroatoms. The number of benzene rings is 4. The van der Waals surface area contributed by atoms with E-state index in [2.05, 4.69) is 125 Å². The molecule has 0 spiro atoms. The van der Waals surface area contributed by atoms with Gasteiger partial charge in [0.15, 0.2) is 0 Å². The van der Waals surface area contributed by atoms with Crippen molar-refractivity contribution in [2.24, 2.45) is 7.05 Å². The normalized spacial score (nSPS) is 12.7. The minimum absolute atomic E-state index is 1.26. The SMILES string of the molecule is Cc1ccc2c3ccc(-c4ccccc4)cc3n3c4c[c]([Ge]([CH3])([CH3])[CH3])cc5cc[n+](C)c(c1c23)c54. The molecule has 0 aliphatic heterocycles. The zero-order valence-corrected chi connectivity index (χ0v) is 23.1. The number of hydrogen-bond acceptors (Lipinski definition) is 0. The number of nitrogens with zero attached hydrogens (tertiary/aromatic N) is 2. The molecule has 7 rings (SSSR count). The van der Waals surface area contributed by atoms with E-state index in [0.29, 0.717) is 0 Å². The zero-order chi connectivity index (χ0) is 24.1. The van der Waals surface area contributed by atoms with Crippen molar-refractivity contribution in [1.29, 1.82) is 0 Å². The van der Waals surface area contributed by atoms with E-state index in [9.17, 15) is 0 Å². The summed E-state index contributed by atoms with van der Waals surface area (Å²) in [5, 5.41) is 6.76. The molecule has 0 fully saturated rings. The molecule has 170 valence electrons. The molecule has 0 radical (unpaired) electrons. The van der Waals surface area contributed by atoms with E-state index in [-0.39, 0.29) is 0 Å². The van der Waals surface area contributed by atoms with Crippen molar-refractivity contribution in [1.82, 2.24) is 4.40 Å². The summed E-state index contributed by atoms with van der Waals surface area (Å²) in [4.78, 5) is 0. The van der Waals surface area contributed by atoms with E-state index in [4.69, 9.17) is 0 Å². The Morgan fingerprint density at radius 1 is 0.714 bits per heavy atom. The third-order valence-corrected chi connectivity index (χ3v) is 12.0. The average molecular weight is 514 g/mol. The van der Waals surface area contributed by atoms with Crippen LogP contribution in [0.3, 0.4) is 0 Å². The van der Waals surface area contributed by atoms with Gasteiger partial charge >= 0.3 is 209 Å². The number of rotatable bonds is 2. The first-order chi connectivity index (χ1) is 16.8. The first-order valence-corrected chi connectivity index (χ1v) is 19.8. The fourth-order valence-electron chi connectivity index (χ4n) is 5.96. The molecule has 0 amide bonds. The van der Waals surface area contributed by atoms with Crippen LogP contribution in [0.15, 0.2) is 85.1 Å². The van der Waals surface area contributed by atoms with E-state index in [1.165, 1.54) is 65.7 Å². The predicted molar refractivity (Wildman–Crippen MR) is 153 cm³/mol. The first kappa shape index (κ1) is 21.0. The summed E-state index contributed by atoms with van der Waals surface area (Å²) in [5.41, 5.74) is 9.18. The number of aromatic nitrogens is 2. The van der Waals surface area contributed by atoms with Gasteiger partial charge in [-0.25, -0.2) is 0 Å². The van der Waals surface area contributed by atoms with Crippen LogP contribution in [-0.4, -0.2) is 17.7 Å². The van der Waals surface area contributed by atoms with Gasteiger partial charge in [0.05, 0.1) is 0 Å². The van der Waals surface area contributed by atoms with E-state index in [0.717, 1.165) is 0 Å². The second-order valence-corrected chi connectivity index (χ2v) is 21.7. The second-order valence-electron chi connectivity index (χ2n) is 11.1. The molecule has 3 aromatic heterocycles. The van der Waals surface area contributed by atoms with Crippen molar-refractivity contribution >= 4 is 66.7 Å². The van der Waals surface area contributed by atoms with Gasteiger partial charge in [-0.15, -0.1) is 0 Å². The minimum atomic E-state index is -2.08. The van der Waals surface area contributed by atoms with Crippen molar-refractivity contribution in [2.75, 3.05) is 0 Å². The Bertz CT molecular complexity index is 1940. The van der Waals surface area contributed by atoms with Crippen LogP contribution in [0.25, 0.3) is 60.1 Å². The molecule has 7 aromatic rings. The Hall–Kier alpha value is -3.37. The van der Waals surface area contributed by atoms with Crippen LogP contribution >= 0.6 is 0 Å². The maximum absolute atomic E-state index is 2.58. The van der Waals surface area contributed by atoms with Crippen LogP contribution < -0.4 is 8.96 Å². The monoisotopic (exact) mass is 515 g/mol. The Balaban J connectivity index is 1.80. The van der Waals surface area contributed by atoms with Gasteiger partial charge in [-0.05, 0) is 0 Å². The van der Waals surface area contributed by atoms with Gasteiger partial charge < -0.3 is 0 Å². The average Bonchev–Trinajstić information content (AvgIpc) is 3.18. The molecule has 0 unspecified atom stereocenters. The van der Waals surface area contributed by atoms with E-state index >= 15 is 0 Å². The van der Waals surface area contributed by atoms with Gasteiger partial charge in [0.1, 0.15) is 0 Å². The quantitative estimate of drug-likeness (QED) is 0.0989. The molecule has 0 atom stereocenters. The fourth-order valence-corrected chi connectivity index (χ4v) is 8.39. The molecule has 0 aliphatic carbocycles. The summed E-state index contributed by atoms with van der Waals surface area (Å²) in [6.07, 6.45) is 2.24. The molecule has 3 heterocycles. The Morgan fingerprint density at radius 3 is 2.26 bits per heavy atom. The molecule has 0 saturated heterocycles. The van der Waals surface area contributed by atoms with Crippen LogP contribution in [0, 0.1) is 6.92 Å². The molecular formula is C32H29GeN2+. The van der Waals surface area contributed by atoms with Crippen molar-refractivity contribution < 1.29 is 4.57 Å². The summed E-state index contributed by atoms with van der Waals surface area (Å²) in [6.45, 7) is 2.26. The molecule has 4 aromatic carbocycles. The van der Waals surface area contributed by atoms with E-state index < -0.39 is 13.3 Å². The summed E-state index contributed by atoms with van der Waals surface area (Å²) in [5.74, 6) is 7.49. The van der Waals surface area contributed by atoms with Crippen LogP contribution in [0.2, 0.25) is 17.3 Å². The van der Waals surface area contributed by atoms with Gasteiger partial charge in [-0.1, -0.05) is 0 Å². The number of aryl methyl sites for hydroxylation is 2. The summed E-state index contributed by atoms with van der Waals surface area (Å²) < 4.78 is 6.45. The van der Waals surface area contributed by atoms with Crippen molar-refractivity contribution in [2.45, 2.75) is 24.2 Å². The van der Waals surface area contributed by atoms with Gasteiger partial charge in [0.2, 0.25) is 0 Å². The molecule has 0 saturated carbocycles. The number of pyridine rings is 2. The second kappa shape index (κ2) is 7.08. The Kier molecular flexibility index (Phi) is 4.24. The topological polar surface area (TPSA) is 8.29 Å². The summed E-state index contributed by atoms with van der Waals surface area (Å²) in [6, 6.07) is 29.7. The van der Waals surface area contributed by atoms with E-state index in [1.54, 1.807) is 4.40 Å². The predicted octanol–water partition coefficient (Wildman–Crippen LogP) is 7.34. The third kappa shape index (κ3) is 2.86. The van der Waals surface area contributed by atoms with Crippen molar-refractivity contribution in [3.63, 3.8) is 0 Å². The van der Waals surface area contributed by atoms with Gasteiger partial charge in [0, 0.05) is 0 Å². The first-order valence-electron chi connectivity index (χ1n) is 12.4. The molecular weight excluding hydrogens is 485 g/mol.